The predicted molar refractivity (Wildman–Crippen MR) is 76.6 cm³/mol. The third-order valence-electron chi connectivity index (χ3n) is 3.49. The molecule has 106 valence electrons. The van der Waals surface area contributed by atoms with Gasteiger partial charge < -0.3 is 15.3 Å². The highest BCUT2D eigenvalue weighted by Gasteiger charge is 2.18. The Balaban J connectivity index is 1.76. The highest BCUT2D eigenvalue weighted by Crippen LogP contribution is 2.20. The fourth-order valence-electron chi connectivity index (χ4n) is 2.37. The number of H-pyrrole nitrogens is 1. The van der Waals surface area contributed by atoms with E-state index in [9.17, 15) is 5.11 Å². The van der Waals surface area contributed by atoms with Crippen LogP contribution in [0.1, 0.15) is 23.9 Å². The summed E-state index contributed by atoms with van der Waals surface area (Å²) in [5, 5.41) is 20.7. The molecule has 1 aromatic carbocycles. The van der Waals surface area contributed by atoms with Crippen LogP contribution in [0.15, 0.2) is 30.3 Å². The molecule has 0 amide bonds. The Morgan fingerprint density at radius 2 is 2.00 bits per heavy atom. The summed E-state index contributed by atoms with van der Waals surface area (Å²) in [6.45, 7) is 3.79. The minimum atomic E-state index is -0.762. The van der Waals surface area contributed by atoms with Gasteiger partial charge in [-0.1, -0.05) is 30.3 Å². The number of aliphatic hydroxyl groups excluding tert-OH is 1. The number of benzene rings is 1. The van der Waals surface area contributed by atoms with Gasteiger partial charge in [0.05, 0.1) is 0 Å². The molecule has 0 bridgehead atoms. The molecule has 0 spiro atoms. The number of aromatic amines is 1. The van der Waals surface area contributed by atoms with Crippen LogP contribution in [0.5, 0.6) is 0 Å². The van der Waals surface area contributed by atoms with Gasteiger partial charge in [-0.3, -0.25) is 5.10 Å². The quantitative estimate of drug-likeness (QED) is 0.767. The van der Waals surface area contributed by atoms with Crippen molar-refractivity contribution in [3.63, 3.8) is 0 Å². The summed E-state index contributed by atoms with van der Waals surface area (Å²) in [4.78, 5) is 6.57. The number of hydrogen-bond acceptors (Lipinski definition) is 5. The van der Waals surface area contributed by atoms with E-state index in [-0.39, 0.29) is 0 Å². The van der Waals surface area contributed by atoms with E-state index < -0.39 is 6.10 Å². The average molecular weight is 273 g/mol. The van der Waals surface area contributed by atoms with Crippen LogP contribution < -0.4 is 10.2 Å². The van der Waals surface area contributed by atoms with Crippen molar-refractivity contribution in [1.82, 2.24) is 20.5 Å². The third kappa shape index (κ3) is 2.81. The van der Waals surface area contributed by atoms with E-state index in [2.05, 4.69) is 25.4 Å². The first-order chi connectivity index (χ1) is 9.84. The second-order valence-electron chi connectivity index (χ2n) is 4.92. The standard InChI is InChI=1S/C14H19N5O/c20-12(11-5-2-1-3-6-11)13-16-14(18-17-13)19-9-4-7-15-8-10-19/h1-3,5-6,12,15,20H,4,7-10H2,(H,16,17,18). The lowest BCUT2D eigenvalue weighted by atomic mass is 10.1. The van der Waals surface area contributed by atoms with Gasteiger partial charge in [-0.15, -0.1) is 5.10 Å². The second kappa shape index (κ2) is 6.02. The summed E-state index contributed by atoms with van der Waals surface area (Å²) in [6.07, 6.45) is 0.313. The van der Waals surface area contributed by atoms with Crippen LogP contribution in [0.4, 0.5) is 5.95 Å². The Morgan fingerprint density at radius 1 is 1.15 bits per heavy atom. The van der Waals surface area contributed by atoms with Crippen LogP contribution >= 0.6 is 0 Å². The van der Waals surface area contributed by atoms with Gasteiger partial charge in [0.15, 0.2) is 5.82 Å². The van der Waals surface area contributed by atoms with Gasteiger partial charge in [-0.2, -0.15) is 4.98 Å². The first-order valence-electron chi connectivity index (χ1n) is 6.95. The van der Waals surface area contributed by atoms with Crippen molar-refractivity contribution in [2.24, 2.45) is 0 Å². The van der Waals surface area contributed by atoms with E-state index in [1.165, 1.54) is 0 Å². The molecule has 1 aliphatic rings. The number of rotatable bonds is 3. The van der Waals surface area contributed by atoms with Crippen LogP contribution in [-0.2, 0) is 0 Å². The molecule has 1 unspecified atom stereocenters. The molecule has 3 N–H and O–H groups in total. The van der Waals surface area contributed by atoms with E-state index in [4.69, 9.17) is 0 Å². The average Bonchev–Trinajstić information content (AvgIpc) is 2.83. The number of anilines is 1. The number of hydrogen-bond donors (Lipinski definition) is 3. The van der Waals surface area contributed by atoms with E-state index in [1.807, 2.05) is 30.3 Å². The van der Waals surface area contributed by atoms with Gasteiger partial charge in [0.2, 0.25) is 5.95 Å². The lowest BCUT2D eigenvalue weighted by Gasteiger charge is -2.17. The highest BCUT2D eigenvalue weighted by molar-refractivity contribution is 5.31. The van der Waals surface area contributed by atoms with Crippen LogP contribution in [-0.4, -0.2) is 46.5 Å². The zero-order chi connectivity index (χ0) is 13.8. The SMILES string of the molecule is OC(c1ccccc1)c1nc(N2CCCNCC2)n[nH]1. The van der Waals surface area contributed by atoms with Crippen LogP contribution in [0.3, 0.4) is 0 Å². The fourth-order valence-corrected chi connectivity index (χ4v) is 2.37. The first-order valence-corrected chi connectivity index (χ1v) is 6.95. The molecule has 1 aliphatic heterocycles. The summed E-state index contributed by atoms with van der Waals surface area (Å²) >= 11 is 0. The van der Waals surface area contributed by atoms with Crippen molar-refractivity contribution in [3.8, 4) is 0 Å². The molecular formula is C14H19N5O. The first kappa shape index (κ1) is 13.1. The zero-order valence-corrected chi connectivity index (χ0v) is 11.3. The Labute approximate surface area is 117 Å². The molecule has 2 aromatic rings. The molecule has 0 saturated carbocycles. The van der Waals surface area contributed by atoms with Gasteiger partial charge in [-0.25, -0.2) is 0 Å². The highest BCUT2D eigenvalue weighted by atomic mass is 16.3. The second-order valence-corrected chi connectivity index (χ2v) is 4.92. The Morgan fingerprint density at radius 3 is 2.85 bits per heavy atom. The molecule has 0 radical (unpaired) electrons. The van der Waals surface area contributed by atoms with Crippen molar-refractivity contribution < 1.29 is 5.11 Å². The monoisotopic (exact) mass is 273 g/mol. The summed E-state index contributed by atoms with van der Waals surface area (Å²) in [5.74, 6) is 1.15. The van der Waals surface area contributed by atoms with E-state index in [0.29, 0.717) is 11.8 Å². The van der Waals surface area contributed by atoms with Gasteiger partial charge in [0.1, 0.15) is 6.10 Å². The van der Waals surface area contributed by atoms with Crippen molar-refractivity contribution in [2.45, 2.75) is 12.5 Å². The molecule has 1 atom stereocenters. The summed E-state index contributed by atoms with van der Waals surface area (Å²) in [7, 11) is 0. The maximum atomic E-state index is 10.3. The largest absolute Gasteiger partial charge is 0.380 e. The Hall–Kier alpha value is -1.92. The van der Waals surface area contributed by atoms with Gasteiger partial charge in [0, 0.05) is 19.6 Å². The summed E-state index contributed by atoms with van der Waals surface area (Å²) in [6, 6.07) is 9.48. The van der Waals surface area contributed by atoms with Gasteiger partial charge in [-0.05, 0) is 18.5 Å². The molecule has 1 aromatic heterocycles. The normalized spacial score (nSPS) is 17.8. The Kier molecular flexibility index (Phi) is 3.94. The summed E-state index contributed by atoms with van der Waals surface area (Å²) in [5.41, 5.74) is 0.813. The van der Waals surface area contributed by atoms with Crippen LogP contribution in [0.25, 0.3) is 0 Å². The fraction of sp³-hybridized carbons (Fsp3) is 0.429. The smallest absolute Gasteiger partial charge is 0.244 e. The van der Waals surface area contributed by atoms with Crippen LogP contribution in [0, 0.1) is 0 Å². The molecule has 3 rings (SSSR count). The van der Waals surface area contributed by atoms with Crippen molar-refractivity contribution in [3.05, 3.63) is 41.7 Å². The predicted octanol–water partition coefficient (Wildman–Crippen LogP) is 0.686. The van der Waals surface area contributed by atoms with Crippen molar-refractivity contribution >= 4 is 5.95 Å². The molecule has 1 fully saturated rings. The molecule has 0 aliphatic carbocycles. The molecule has 20 heavy (non-hydrogen) atoms. The third-order valence-corrected chi connectivity index (χ3v) is 3.49. The topological polar surface area (TPSA) is 77.1 Å². The minimum Gasteiger partial charge on any atom is -0.380 e. The Bertz CT molecular complexity index is 534. The lowest BCUT2D eigenvalue weighted by Crippen LogP contribution is -2.28. The molecule has 2 heterocycles. The van der Waals surface area contributed by atoms with E-state index in [1.54, 1.807) is 0 Å². The summed E-state index contributed by atoms with van der Waals surface area (Å²) < 4.78 is 0. The van der Waals surface area contributed by atoms with Crippen molar-refractivity contribution in [1.29, 1.82) is 0 Å². The van der Waals surface area contributed by atoms with Gasteiger partial charge in [0.25, 0.3) is 0 Å². The number of aliphatic hydroxyl groups is 1. The van der Waals surface area contributed by atoms with Crippen molar-refractivity contribution in [2.75, 3.05) is 31.1 Å². The minimum absolute atomic E-state index is 0.489. The zero-order valence-electron chi connectivity index (χ0n) is 11.3. The lowest BCUT2D eigenvalue weighted by molar-refractivity contribution is 0.210. The van der Waals surface area contributed by atoms with Crippen LogP contribution in [0.2, 0.25) is 0 Å². The number of nitrogens with one attached hydrogen (secondary N) is 2. The van der Waals surface area contributed by atoms with E-state index >= 15 is 0 Å². The molecule has 1 saturated heterocycles. The molecule has 6 heteroatoms. The number of aromatic nitrogens is 3. The van der Waals surface area contributed by atoms with Gasteiger partial charge >= 0.3 is 0 Å². The molecular weight excluding hydrogens is 254 g/mol. The number of nitrogens with zero attached hydrogens (tertiary/aromatic N) is 3. The van der Waals surface area contributed by atoms with E-state index in [0.717, 1.165) is 38.2 Å². The maximum Gasteiger partial charge on any atom is 0.244 e. The maximum absolute atomic E-state index is 10.3. The molecule has 6 nitrogen and oxygen atoms in total.